The van der Waals surface area contributed by atoms with Gasteiger partial charge in [-0.25, -0.2) is 0 Å². The minimum atomic E-state index is -0.242. The molecule has 406 valence electrons. The van der Waals surface area contributed by atoms with Gasteiger partial charge in [-0.15, -0.1) is 0 Å². The molecule has 0 N–H and O–H groups in total. The molecule has 2 aliphatic heterocycles. The zero-order valence-electron chi connectivity index (χ0n) is 50.4. The van der Waals surface area contributed by atoms with Crippen LogP contribution in [0.25, 0.3) is 33.2 Å². The Morgan fingerprint density at radius 1 is 0.358 bits per heavy atom. The van der Waals surface area contributed by atoms with Crippen LogP contribution in [0.1, 0.15) is 132 Å². The van der Waals surface area contributed by atoms with Crippen LogP contribution in [0.3, 0.4) is 0 Å². The quantitative estimate of drug-likeness (QED) is 0.148. The fourth-order valence-corrected chi connectivity index (χ4v) is 12.3. The summed E-state index contributed by atoms with van der Waals surface area (Å²) in [6.45, 7) is 34.1. The Labute approximate surface area is 483 Å². The predicted molar refractivity (Wildman–Crippen MR) is 349 cm³/mol. The minimum Gasteiger partial charge on any atom is -0.467 e. The Morgan fingerprint density at radius 2 is 0.815 bits per heavy atom. The second-order valence-corrected chi connectivity index (χ2v) is 28.0. The first kappa shape index (κ1) is 53.6. The van der Waals surface area contributed by atoms with E-state index in [9.17, 15) is 0 Å². The van der Waals surface area contributed by atoms with Gasteiger partial charge in [0.2, 0.25) is 0 Å². The Hall–Kier alpha value is -8.02. The molecule has 0 unspecified atom stereocenters. The van der Waals surface area contributed by atoms with E-state index in [1.54, 1.807) is 0 Å². The van der Waals surface area contributed by atoms with Gasteiger partial charge in [-0.1, -0.05) is 219 Å². The van der Waals surface area contributed by atoms with Gasteiger partial charge < -0.3 is 19.1 Å². The molecule has 0 amide bonds. The van der Waals surface area contributed by atoms with E-state index in [-0.39, 0.29) is 33.8 Å². The largest absolute Gasteiger partial charge is 0.467 e. The van der Waals surface area contributed by atoms with Crippen molar-refractivity contribution in [3.8, 4) is 22.3 Å². The number of hydrogen-bond donors (Lipinski definition) is 0. The summed E-state index contributed by atoms with van der Waals surface area (Å²) in [4.78, 5) is 7.45. The Kier molecular flexibility index (Phi) is 12.8. The van der Waals surface area contributed by atoms with Crippen LogP contribution in [-0.4, -0.2) is 6.71 Å². The number of furan rings is 1. The van der Waals surface area contributed by atoms with Crippen molar-refractivity contribution in [2.45, 2.75) is 131 Å². The van der Waals surface area contributed by atoms with Crippen LogP contribution in [0, 0.1) is 0 Å². The minimum absolute atomic E-state index is 0.00816. The number of anilines is 9. The fourth-order valence-electron chi connectivity index (χ4n) is 12.3. The molecule has 0 saturated heterocycles. The zero-order valence-corrected chi connectivity index (χ0v) is 50.4. The second kappa shape index (κ2) is 19.3. The molecule has 81 heavy (non-hydrogen) atoms. The van der Waals surface area contributed by atoms with Crippen molar-refractivity contribution in [3.63, 3.8) is 0 Å². The summed E-state index contributed by atoms with van der Waals surface area (Å²) < 4.78 is 7.82. The lowest BCUT2D eigenvalue weighted by Gasteiger charge is -2.43. The van der Waals surface area contributed by atoms with Gasteiger partial charge in [0.25, 0.3) is 6.71 Å². The van der Waals surface area contributed by atoms with Gasteiger partial charge in [0.1, 0.15) is 5.58 Å². The van der Waals surface area contributed by atoms with Gasteiger partial charge in [-0.2, -0.15) is 0 Å². The van der Waals surface area contributed by atoms with Gasteiger partial charge in [0.15, 0.2) is 0 Å². The van der Waals surface area contributed by atoms with E-state index in [2.05, 4.69) is 319 Å². The highest BCUT2D eigenvalue weighted by Crippen LogP contribution is 2.50. The van der Waals surface area contributed by atoms with E-state index in [4.69, 9.17) is 4.42 Å². The maximum absolute atomic E-state index is 7.82. The molecule has 0 radical (unpaired) electrons. The van der Waals surface area contributed by atoms with Crippen LogP contribution in [0.15, 0.2) is 205 Å². The zero-order chi connectivity index (χ0) is 57.1. The number of rotatable bonds is 7. The maximum atomic E-state index is 7.82. The van der Waals surface area contributed by atoms with E-state index in [0.29, 0.717) is 0 Å². The average molecular weight is 1060 g/mol. The molecule has 0 bridgehead atoms. The van der Waals surface area contributed by atoms with Gasteiger partial charge >= 0.3 is 0 Å². The van der Waals surface area contributed by atoms with Crippen molar-refractivity contribution in [3.05, 3.63) is 228 Å². The van der Waals surface area contributed by atoms with Crippen molar-refractivity contribution in [1.29, 1.82) is 0 Å². The Bertz CT molecular complexity index is 3930. The van der Waals surface area contributed by atoms with Gasteiger partial charge in [0, 0.05) is 56.4 Å². The number of benzene rings is 9. The molecule has 0 fully saturated rings. The van der Waals surface area contributed by atoms with E-state index in [1.165, 1.54) is 49.9 Å². The predicted octanol–water partition coefficient (Wildman–Crippen LogP) is 19.8. The van der Waals surface area contributed by atoms with Crippen LogP contribution in [0.2, 0.25) is 0 Å². The number of hydrogen-bond acceptors (Lipinski definition) is 4. The molecular weight excluding hydrogens is 982 g/mol. The number of nitrogens with zero attached hydrogens (tertiary/aromatic N) is 3. The van der Waals surface area contributed by atoms with Crippen molar-refractivity contribution in [2.75, 3.05) is 14.7 Å². The van der Waals surface area contributed by atoms with Gasteiger partial charge in [-0.05, 0) is 167 Å². The molecule has 0 spiro atoms. The molecule has 2 aliphatic rings. The van der Waals surface area contributed by atoms with Crippen LogP contribution in [-0.2, 0) is 27.1 Å². The summed E-state index contributed by atoms with van der Waals surface area (Å²) in [6, 6.07) is 75.7. The first-order valence-corrected chi connectivity index (χ1v) is 29.2. The molecule has 0 atom stereocenters. The number of para-hydroxylation sites is 1. The van der Waals surface area contributed by atoms with Gasteiger partial charge in [0.05, 0.1) is 11.3 Å². The standard InChI is InChI=1S/C76H78BN3O/c1-72(2,3)50-27-36-55(37-28-50)78(56-38-29-51(30-39-56)73(4,5)6)59-44-46-64-67(48-59)79(57-40-31-52(32-41-57)74(7,8)9)65-25-20-26-66-68(65)77(64)71-69(80(66)58-42-33-53(34-43-58)75(10,11)12)62-24-19-23-61(70(62)81-71)60-45-35-54(76(13,14)15)47-63(60)49-21-17-16-18-22-49/h16-48H,1-15H3. The second-order valence-electron chi connectivity index (χ2n) is 28.0. The molecule has 4 nitrogen and oxygen atoms in total. The topological polar surface area (TPSA) is 22.9 Å². The molecule has 10 aromatic rings. The van der Waals surface area contributed by atoms with Crippen molar-refractivity contribution < 1.29 is 4.42 Å². The summed E-state index contributed by atoms with van der Waals surface area (Å²) in [5, 5.41) is 1.08. The molecule has 9 aromatic carbocycles. The first-order chi connectivity index (χ1) is 38.3. The van der Waals surface area contributed by atoms with Gasteiger partial charge in [-0.3, -0.25) is 0 Å². The third-order valence-corrected chi connectivity index (χ3v) is 17.1. The molecule has 12 rings (SSSR count). The van der Waals surface area contributed by atoms with Crippen LogP contribution >= 0.6 is 0 Å². The number of fused-ring (bicyclic) bond motifs is 6. The van der Waals surface area contributed by atoms with E-state index in [1.807, 2.05) is 0 Å². The Morgan fingerprint density at radius 3 is 1.33 bits per heavy atom. The highest BCUT2D eigenvalue weighted by Gasteiger charge is 2.47. The Balaban J connectivity index is 1.14. The van der Waals surface area contributed by atoms with Crippen LogP contribution in [0.4, 0.5) is 51.2 Å². The van der Waals surface area contributed by atoms with E-state index < -0.39 is 0 Å². The first-order valence-electron chi connectivity index (χ1n) is 29.2. The summed E-state index contributed by atoms with van der Waals surface area (Å²) in [6.07, 6.45) is 0. The average Bonchev–Trinajstić information content (AvgIpc) is 2.24. The molecule has 5 heteroatoms. The smallest absolute Gasteiger partial charge is 0.297 e. The molecule has 3 heterocycles. The molecule has 0 saturated carbocycles. The highest BCUT2D eigenvalue weighted by atomic mass is 16.3. The maximum Gasteiger partial charge on any atom is 0.297 e. The van der Waals surface area contributed by atoms with E-state index in [0.717, 1.165) is 78.9 Å². The lowest BCUT2D eigenvalue weighted by atomic mass is 9.35. The summed E-state index contributed by atoms with van der Waals surface area (Å²) >= 11 is 0. The summed E-state index contributed by atoms with van der Waals surface area (Å²) in [7, 11) is 0. The fraction of sp³-hybridized carbons (Fsp3) is 0.263. The lowest BCUT2D eigenvalue weighted by Crippen LogP contribution is -2.61. The molecule has 1 aromatic heterocycles. The third kappa shape index (κ3) is 9.57. The normalized spacial score (nSPS) is 13.5. The summed E-state index contributed by atoms with van der Waals surface area (Å²) in [5.74, 6) is 0. The van der Waals surface area contributed by atoms with Crippen molar-refractivity contribution in [2.24, 2.45) is 0 Å². The molecule has 0 aliphatic carbocycles. The molecular formula is C76H78BN3O. The third-order valence-electron chi connectivity index (χ3n) is 17.1. The van der Waals surface area contributed by atoms with Crippen molar-refractivity contribution in [1.82, 2.24) is 0 Å². The summed E-state index contributed by atoms with van der Waals surface area (Å²) in [5.41, 5.74) is 25.3. The van der Waals surface area contributed by atoms with Crippen LogP contribution < -0.4 is 31.3 Å². The highest BCUT2D eigenvalue weighted by molar-refractivity contribution is 7.00. The lowest BCUT2D eigenvalue weighted by molar-refractivity contribution is 0.590. The van der Waals surface area contributed by atoms with Crippen molar-refractivity contribution >= 4 is 85.5 Å². The SMILES string of the molecule is CC(C)(C)c1ccc(N(c2ccc(C(C)(C)C)cc2)c2ccc3c(c2)N(c2ccc(C(C)(C)C)cc2)c2cccc4c2B3c2oc3c(-c5ccc(C(C)(C)C)cc5-c5ccccc5)cccc3c2N4c2ccc(C(C)(C)C)cc2)cc1. The van der Waals surface area contributed by atoms with E-state index >= 15 is 0 Å². The monoisotopic (exact) mass is 1060 g/mol. The van der Waals surface area contributed by atoms with Crippen LogP contribution in [0.5, 0.6) is 0 Å².